The number of aryl methyl sites for hydroxylation is 2. The van der Waals surface area contributed by atoms with Crippen molar-refractivity contribution in [2.24, 2.45) is 0 Å². The van der Waals surface area contributed by atoms with Gasteiger partial charge >= 0.3 is 0 Å². The first-order valence-electron chi connectivity index (χ1n) is 14.0. The van der Waals surface area contributed by atoms with Crippen LogP contribution in [0.25, 0.3) is 0 Å². The highest BCUT2D eigenvalue weighted by molar-refractivity contribution is 6.00. The smallest absolute Gasteiger partial charge is 0.253 e. The number of nitrogens with zero attached hydrogens (tertiary/aromatic N) is 5. The molecule has 0 aliphatic heterocycles. The number of nitrogens with one attached hydrogen (secondary N) is 2. The van der Waals surface area contributed by atoms with Gasteiger partial charge in [-0.05, 0) is 79.8 Å². The van der Waals surface area contributed by atoms with E-state index in [0.717, 1.165) is 36.6 Å². The van der Waals surface area contributed by atoms with Gasteiger partial charge in [-0.1, -0.05) is 13.8 Å². The van der Waals surface area contributed by atoms with E-state index in [1.807, 2.05) is 20.8 Å². The van der Waals surface area contributed by atoms with Crippen LogP contribution in [-0.2, 0) is 19.5 Å². The van der Waals surface area contributed by atoms with Crippen LogP contribution in [0.4, 0.5) is 8.78 Å². The van der Waals surface area contributed by atoms with Crippen LogP contribution in [0.3, 0.4) is 0 Å². The monoisotopic (exact) mass is 571 g/mol. The molecule has 0 saturated heterocycles. The normalized spacial score (nSPS) is 12.7. The van der Waals surface area contributed by atoms with Crippen LogP contribution in [-0.4, -0.2) is 73.8 Å². The highest BCUT2D eigenvalue weighted by Gasteiger charge is 2.24. The molecular formula is C29H39F2N7O3. The second kappa shape index (κ2) is 15.3. The van der Waals surface area contributed by atoms with Gasteiger partial charge in [0.2, 0.25) is 0 Å². The van der Waals surface area contributed by atoms with Gasteiger partial charge in [-0.25, -0.2) is 8.78 Å². The van der Waals surface area contributed by atoms with Crippen LogP contribution < -0.4 is 10.6 Å². The summed E-state index contributed by atoms with van der Waals surface area (Å²) in [5.74, 6) is -1.75. The van der Waals surface area contributed by atoms with Crippen molar-refractivity contribution in [3.63, 3.8) is 0 Å². The van der Waals surface area contributed by atoms with Crippen molar-refractivity contribution in [2.45, 2.75) is 72.2 Å². The molecule has 0 bridgehead atoms. The number of aliphatic hydroxyl groups excluding tert-OH is 1. The largest absolute Gasteiger partial charge is 0.390 e. The van der Waals surface area contributed by atoms with Gasteiger partial charge in [0.1, 0.15) is 11.6 Å². The molecule has 0 unspecified atom stereocenters. The zero-order valence-electron chi connectivity index (χ0n) is 24.0. The number of aliphatic hydroxyl groups is 1. The summed E-state index contributed by atoms with van der Waals surface area (Å²) in [4.78, 5) is 29.8. The lowest BCUT2D eigenvalue weighted by Gasteiger charge is -2.25. The Labute approximate surface area is 239 Å². The highest BCUT2D eigenvalue weighted by atomic mass is 19.1. The predicted molar refractivity (Wildman–Crippen MR) is 150 cm³/mol. The molecule has 12 heteroatoms. The first-order chi connectivity index (χ1) is 19.6. The SMILES string of the molecule is CCCN(CCC)C(=O)c1cc(C)cc(C(=O)N[C@@H](Cc2cc(F)cc(F)c2)[C@H](O)CNCc2nnn(CC)n2)c1. The summed E-state index contributed by atoms with van der Waals surface area (Å²) in [7, 11) is 0. The van der Waals surface area contributed by atoms with E-state index >= 15 is 0 Å². The molecule has 2 amide bonds. The number of tetrazole rings is 1. The average Bonchev–Trinajstić information content (AvgIpc) is 3.39. The standard InChI is InChI=1S/C29H39F2N7O3/c1-5-8-37(9-6-2)29(41)22-11-19(4)10-21(15-22)28(40)33-25(14-20-12-23(30)16-24(31)13-20)26(39)17-32-18-27-34-36-38(7-3)35-27/h10-13,15-16,25-26,32,39H,5-9,14,17-18H2,1-4H3,(H,33,40)/t25-,26+/m0/s1. The Morgan fingerprint density at radius 3 is 2.27 bits per heavy atom. The molecule has 3 rings (SSSR count). The fraction of sp³-hybridized carbons (Fsp3) is 0.483. The quantitative estimate of drug-likeness (QED) is 0.256. The van der Waals surface area contributed by atoms with E-state index in [9.17, 15) is 23.5 Å². The van der Waals surface area contributed by atoms with Crippen LogP contribution in [0.1, 0.15) is 71.3 Å². The van der Waals surface area contributed by atoms with Crippen molar-refractivity contribution < 1.29 is 23.5 Å². The molecule has 41 heavy (non-hydrogen) atoms. The Morgan fingerprint density at radius 2 is 1.66 bits per heavy atom. The van der Waals surface area contributed by atoms with Gasteiger partial charge in [-0.15, -0.1) is 10.2 Å². The van der Waals surface area contributed by atoms with E-state index in [1.54, 1.807) is 24.0 Å². The van der Waals surface area contributed by atoms with Gasteiger partial charge in [0, 0.05) is 36.8 Å². The molecule has 3 N–H and O–H groups in total. The van der Waals surface area contributed by atoms with Gasteiger partial charge in [-0.2, -0.15) is 4.80 Å². The molecule has 0 spiro atoms. The van der Waals surface area contributed by atoms with Crippen LogP contribution >= 0.6 is 0 Å². The number of amides is 2. The molecule has 0 saturated carbocycles. The molecule has 10 nitrogen and oxygen atoms in total. The molecule has 3 aromatic rings. The summed E-state index contributed by atoms with van der Waals surface area (Å²) in [5.41, 5.74) is 1.65. The first kappa shape index (κ1) is 31.8. The Balaban J connectivity index is 1.79. The third kappa shape index (κ3) is 9.39. The zero-order valence-corrected chi connectivity index (χ0v) is 24.0. The number of carbonyl (C=O) groups is 2. The number of aromatic nitrogens is 4. The summed E-state index contributed by atoms with van der Waals surface area (Å²) in [5, 5.41) is 28.9. The third-order valence-electron chi connectivity index (χ3n) is 6.43. The molecule has 1 aromatic heterocycles. The second-order valence-corrected chi connectivity index (χ2v) is 10.0. The van der Waals surface area contributed by atoms with E-state index in [1.165, 1.54) is 10.9 Å². The average molecular weight is 572 g/mol. The molecule has 2 atom stereocenters. The molecule has 0 fully saturated rings. The molecule has 1 heterocycles. The minimum absolute atomic E-state index is 0.0317. The predicted octanol–water partition coefficient (Wildman–Crippen LogP) is 3.03. The molecular weight excluding hydrogens is 532 g/mol. The zero-order chi connectivity index (χ0) is 29.9. The summed E-state index contributed by atoms with van der Waals surface area (Å²) in [6, 6.07) is 7.11. The van der Waals surface area contributed by atoms with Gasteiger partial charge in [0.05, 0.1) is 25.2 Å². The minimum Gasteiger partial charge on any atom is -0.390 e. The maximum atomic E-state index is 13.9. The number of hydrogen-bond acceptors (Lipinski definition) is 7. The van der Waals surface area contributed by atoms with Crippen molar-refractivity contribution in [3.05, 3.63) is 76.1 Å². The van der Waals surface area contributed by atoms with Crippen LogP contribution in [0.15, 0.2) is 36.4 Å². The second-order valence-electron chi connectivity index (χ2n) is 10.0. The first-order valence-corrected chi connectivity index (χ1v) is 14.0. The third-order valence-corrected chi connectivity index (χ3v) is 6.43. The number of benzene rings is 2. The Morgan fingerprint density at radius 1 is 1.00 bits per heavy atom. The lowest BCUT2D eigenvalue weighted by atomic mass is 9.99. The summed E-state index contributed by atoms with van der Waals surface area (Å²) >= 11 is 0. The van der Waals surface area contributed by atoms with E-state index < -0.39 is 29.7 Å². The fourth-order valence-electron chi connectivity index (χ4n) is 4.55. The van der Waals surface area contributed by atoms with Gasteiger partial charge in [0.15, 0.2) is 5.82 Å². The van der Waals surface area contributed by atoms with Gasteiger partial charge in [0.25, 0.3) is 11.8 Å². The molecule has 222 valence electrons. The lowest BCUT2D eigenvalue weighted by molar-refractivity contribution is 0.0755. The fourth-order valence-corrected chi connectivity index (χ4v) is 4.55. The van der Waals surface area contributed by atoms with E-state index in [2.05, 4.69) is 26.0 Å². The number of hydrogen-bond donors (Lipinski definition) is 3. The van der Waals surface area contributed by atoms with Crippen LogP contribution in [0, 0.1) is 18.6 Å². The Hall–Kier alpha value is -3.77. The lowest BCUT2D eigenvalue weighted by Crippen LogP contribution is -2.48. The summed E-state index contributed by atoms with van der Waals surface area (Å²) in [6.45, 7) is 9.72. The maximum absolute atomic E-state index is 13.9. The maximum Gasteiger partial charge on any atom is 0.253 e. The molecule has 2 aromatic carbocycles. The van der Waals surface area contributed by atoms with Crippen molar-refractivity contribution in [1.29, 1.82) is 0 Å². The van der Waals surface area contributed by atoms with Crippen LogP contribution in [0.5, 0.6) is 0 Å². The van der Waals surface area contributed by atoms with Gasteiger partial charge in [-0.3, -0.25) is 9.59 Å². The van der Waals surface area contributed by atoms with Crippen molar-refractivity contribution >= 4 is 11.8 Å². The van der Waals surface area contributed by atoms with E-state index in [4.69, 9.17) is 0 Å². The molecule has 0 aliphatic rings. The van der Waals surface area contributed by atoms with Crippen LogP contribution in [0.2, 0.25) is 0 Å². The topological polar surface area (TPSA) is 125 Å². The number of carbonyl (C=O) groups excluding carboxylic acids is 2. The van der Waals surface area contributed by atoms with Crippen molar-refractivity contribution in [3.8, 4) is 0 Å². The minimum atomic E-state index is -1.14. The highest BCUT2D eigenvalue weighted by Crippen LogP contribution is 2.16. The Kier molecular flexibility index (Phi) is 11.8. The van der Waals surface area contributed by atoms with Crippen molar-refractivity contribution in [2.75, 3.05) is 19.6 Å². The van der Waals surface area contributed by atoms with Crippen molar-refractivity contribution in [1.82, 2.24) is 35.7 Å². The Bertz CT molecular complexity index is 1290. The summed E-state index contributed by atoms with van der Waals surface area (Å²) in [6.07, 6.45) is 0.451. The van der Waals surface area contributed by atoms with E-state index in [0.29, 0.717) is 31.0 Å². The summed E-state index contributed by atoms with van der Waals surface area (Å²) < 4.78 is 27.8. The number of halogens is 2. The van der Waals surface area contributed by atoms with Gasteiger partial charge < -0.3 is 20.6 Å². The number of rotatable bonds is 15. The van der Waals surface area contributed by atoms with E-state index in [-0.39, 0.29) is 36.5 Å². The molecule has 0 radical (unpaired) electrons. The molecule has 0 aliphatic carbocycles.